The molecule has 2 N–H and O–H groups in total. The van der Waals surface area contributed by atoms with Crippen LogP contribution in [0.4, 0.5) is 11.4 Å². The number of rotatable bonds is 5. The van der Waals surface area contributed by atoms with Crippen molar-refractivity contribution in [2.45, 2.75) is 18.8 Å². The maximum Gasteiger partial charge on any atom is 0.292 e. The summed E-state index contributed by atoms with van der Waals surface area (Å²) >= 11 is 1.73. The van der Waals surface area contributed by atoms with Gasteiger partial charge in [0.15, 0.2) is 6.54 Å². The Morgan fingerprint density at radius 3 is 2.86 bits per heavy atom. The minimum Gasteiger partial charge on any atom is -0.327 e. The van der Waals surface area contributed by atoms with Crippen molar-refractivity contribution in [3.05, 3.63) is 63.7 Å². The zero-order valence-electron chi connectivity index (χ0n) is 15.3. The molecule has 0 spiro atoms. The first-order chi connectivity index (χ1) is 13.6. The molecule has 2 aromatic carbocycles. The molecular formula is C20H21N4O3S+. The highest BCUT2D eigenvalue weighted by Crippen LogP contribution is 2.30. The molecule has 8 heteroatoms. The summed E-state index contributed by atoms with van der Waals surface area (Å²) in [6, 6.07) is 14.4. The van der Waals surface area contributed by atoms with E-state index in [1.807, 2.05) is 18.2 Å². The van der Waals surface area contributed by atoms with Crippen LogP contribution in [0, 0.1) is 10.1 Å². The molecule has 1 aliphatic rings. The van der Waals surface area contributed by atoms with E-state index in [0.29, 0.717) is 12.5 Å². The fourth-order valence-corrected chi connectivity index (χ4v) is 4.85. The summed E-state index contributed by atoms with van der Waals surface area (Å²) in [6.45, 7) is 2.07. The van der Waals surface area contributed by atoms with Crippen LogP contribution in [0.3, 0.4) is 0 Å². The molecule has 2 heterocycles. The molecule has 1 aromatic heterocycles. The summed E-state index contributed by atoms with van der Waals surface area (Å²) in [5, 5.41) is 14.9. The average molecular weight is 397 g/mol. The van der Waals surface area contributed by atoms with Gasteiger partial charge in [0.25, 0.3) is 11.6 Å². The topological polar surface area (TPSA) is 89.6 Å². The molecule has 1 aliphatic heterocycles. The van der Waals surface area contributed by atoms with E-state index < -0.39 is 4.92 Å². The van der Waals surface area contributed by atoms with Gasteiger partial charge in [-0.1, -0.05) is 24.3 Å². The minimum absolute atomic E-state index is 0.0863. The fourth-order valence-electron chi connectivity index (χ4n) is 3.75. The minimum atomic E-state index is -0.480. The Morgan fingerprint density at radius 1 is 1.25 bits per heavy atom. The van der Waals surface area contributed by atoms with Crippen molar-refractivity contribution in [2.24, 2.45) is 0 Å². The molecule has 7 nitrogen and oxygen atoms in total. The van der Waals surface area contributed by atoms with Crippen LogP contribution in [0.2, 0.25) is 0 Å². The van der Waals surface area contributed by atoms with E-state index in [1.54, 1.807) is 29.5 Å². The molecule has 144 valence electrons. The van der Waals surface area contributed by atoms with Gasteiger partial charge < -0.3 is 10.2 Å². The average Bonchev–Trinajstić information content (AvgIpc) is 3.13. The van der Waals surface area contributed by atoms with Crippen LogP contribution in [-0.2, 0) is 4.79 Å². The van der Waals surface area contributed by atoms with Gasteiger partial charge in [-0.25, -0.2) is 4.98 Å². The number of fused-ring (bicyclic) bond motifs is 1. The molecule has 0 radical (unpaired) electrons. The summed E-state index contributed by atoms with van der Waals surface area (Å²) < 4.78 is 1.19. The van der Waals surface area contributed by atoms with Gasteiger partial charge in [0, 0.05) is 6.07 Å². The lowest BCUT2D eigenvalue weighted by molar-refractivity contribution is -0.898. The first-order valence-corrected chi connectivity index (χ1v) is 10.1. The standard InChI is InChI=1S/C20H20N4O3S/c25-19(21-15-7-1-3-9-17(15)24(26)27)13-23-11-5-6-14(12-23)20-22-16-8-2-4-10-18(16)28-20/h1-4,7-10,14H,5-6,11-13H2,(H,21,25)/p+1/t14-/m0/s1. The van der Waals surface area contributed by atoms with Crippen molar-refractivity contribution in [3.8, 4) is 0 Å². The molecule has 0 aliphatic carbocycles. The van der Waals surface area contributed by atoms with Gasteiger partial charge in [-0.2, -0.15) is 0 Å². The second-order valence-electron chi connectivity index (χ2n) is 7.06. The summed E-state index contributed by atoms with van der Waals surface area (Å²) in [5.74, 6) is 0.147. The van der Waals surface area contributed by atoms with Gasteiger partial charge in [0.05, 0.1) is 34.1 Å². The smallest absolute Gasteiger partial charge is 0.292 e. The molecule has 28 heavy (non-hydrogen) atoms. The van der Waals surface area contributed by atoms with Crippen LogP contribution in [0.1, 0.15) is 23.8 Å². The van der Waals surface area contributed by atoms with Crippen molar-refractivity contribution < 1.29 is 14.6 Å². The lowest BCUT2D eigenvalue weighted by Crippen LogP contribution is -3.14. The van der Waals surface area contributed by atoms with E-state index >= 15 is 0 Å². The third-order valence-electron chi connectivity index (χ3n) is 5.06. The number of hydrogen-bond acceptors (Lipinski definition) is 5. The van der Waals surface area contributed by atoms with Crippen LogP contribution >= 0.6 is 11.3 Å². The van der Waals surface area contributed by atoms with E-state index in [4.69, 9.17) is 4.98 Å². The Balaban J connectivity index is 1.41. The summed E-state index contributed by atoms with van der Waals surface area (Å²) in [4.78, 5) is 29.1. The number of aromatic nitrogens is 1. The largest absolute Gasteiger partial charge is 0.327 e. The quantitative estimate of drug-likeness (QED) is 0.512. The molecule has 4 rings (SSSR count). The predicted octanol–water partition coefficient (Wildman–Crippen LogP) is 2.61. The zero-order valence-corrected chi connectivity index (χ0v) is 16.1. The second-order valence-corrected chi connectivity index (χ2v) is 8.12. The molecule has 0 bridgehead atoms. The number of nitrogens with zero attached hydrogens (tertiary/aromatic N) is 2. The maximum absolute atomic E-state index is 12.5. The number of hydrogen-bond donors (Lipinski definition) is 2. The highest BCUT2D eigenvalue weighted by molar-refractivity contribution is 7.18. The number of nitrogens with one attached hydrogen (secondary N) is 2. The highest BCUT2D eigenvalue weighted by atomic mass is 32.1. The van der Waals surface area contributed by atoms with E-state index in [9.17, 15) is 14.9 Å². The Kier molecular flexibility index (Phi) is 5.31. The molecule has 2 atom stereocenters. The number of carbonyl (C=O) groups is 1. The Hall–Kier alpha value is -2.84. The van der Waals surface area contributed by atoms with E-state index in [-0.39, 0.29) is 17.3 Å². The third-order valence-corrected chi connectivity index (χ3v) is 6.26. The number of thiazole rings is 1. The monoisotopic (exact) mass is 397 g/mol. The summed E-state index contributed by atoms with van der Waals surface area (Å²) in [5.41, 5.74) is 1.19. The highest BCUT2D eigenvalue weighted by Gasteiger charge is 2.28. The number of amides is 1. The molecule has 1 amide bonds. The maximum atomic E-state index is 12.5. The lowest BCUT2D eigenvalue weighted by atomic mass is 9.99. The predicted molar refractivity (Wildman–Crippen MR) is 109 cm³/mol. The Morgan fingerprint density at radius 2 is 2.04 bits per heavy atom. The SMILES string of the molecule is O=C(C[NH+]1CCC[C@H](c2nc3ccccc3s2)C1)Nc1ccccc1[N+](=O)[O-]. The molecule has 0 saturated carbocycles. The van der Waals surface area contributed by atoms with Crippen molar-refractivity contribution in [2.75, 3.05) is 25.0 Å². The number of likely N-dealkylation sites (tertiary alicyclic amines) is 1. The van der Waals surface area contributed by atoms with Crippen LogP contribution < -0.4 is 10.2 Å². The molecule has 1 unspecified atom stereocenters. The third kappa shape index (κ3) is 4.02. The number of nitro benzene ring substituents is 1. The van der Waals surface area contributed by atoms with E-state index in [0.717, 1.165) is 36.5 Å². The van der Waals surface area contributed by atoms with Crippen molar-refractivity contribution in [1.29, 1.82) is 0 Å². The van der Waals surface area contributed by atoms with Crippen molar-refractivity contribution in [3.63, 3.8) is 0 Å². The van der Waals surface area contributed by atoms with E-state index in [2.05, 4.69) is 11.4 Å². The number of carbonyl (C=O) groups excluding carboxylic acids is 1. The first-order valence-electron chi connectivity index (χ1n) is 9.32. The van der Waals surface area contributed by atoms with Gasteiger partial charge in [-0.15, -0.1) is 11.3 Å². The Labute approximate surface area is 166 Å². The first kappa shape index (κ1) is 18.5. The van der Waals surface area contributed by atoms with Crippen molar-refractivity contribution in [1.82, 2.24) is 4.98 Å². The molecule has 1 saturated heterocycles. The number of benzene rings is 2. The Bertz CT molecular complexity index is 986. The van der Waals surface area contributed by atoms with Crippen LogP contribution in [0.15, 0.2) is 48.5 Å². The normalized spacial score (nSPS) is 19.4. The summed E-state index contributed by atoms with van der Waals surface area (Å²) in [6.07, 6.45) is 2.11. The molecular weight excluding hydrogens is 376 g/mol. The number of piperidine rings is 1. The van der Waals surface area contributed by atoms with Gasteiger partial charge in [0.2, 0.25) is 0 Å². The second kappa shape index (κ2) is 8.04. The van der Waals surface area contributed by atoms with Crippen LogP contribution in [0.25, 0.3) is 10.2 Å². The molecule has 1 fully saturated rings. The van der Waals surface area contributed by atoms with Crippen LogP contribution in [-0.4, -0.2) is 35.4 Å². The van der Waals surface area contributed by atoms with Gasteiger partial charge >= 0.3 is 0 Å². The molecule has 3 aromatic rings. The zero-order chi connectivity index (χ0) is 19.5. The lowest BCUT2D eigenvalue weighted by Gasteiger charge is -2.28. The van der Waals surface area contributed by atoms with Gasteiger partial charge in [-0.05, 0) is 31.0 Å². The number of quaternary nitrogens is 1. The van der Waals surface area contributed by atoms with Crippen LogP contribution in [0.5, 0.6) is 0 Å². The fraction of sp³-hybridized carbons (Fsp3) is 0.300. The van der Waals surface area contributed by atoms with Crippen molar-refractivity contribution >= 4 is 38.8 Å². The number of nitro groups is 1. The van der Waals surface area contributed by atoms with Gasteiger partial charge in [-0.3, -0.25) is 14.9 Å². The number of anilines is 1. The summed E-state index contributed by atoms with van der Waals surface area (Å²) in [7, 11) is 0. The number of para-hydroxylation sites is 3. The van der Waals surface area contributed by atoms with Gasteiger partial charge in [0.1, 0.15) is 10.7 Å². The van der Waals surface area contributed by atoms with E-state index in [1.165, 1.54) is 15.7 Å².